The Morgan fingerprint density at radius 2 is 1.61 bits per heavy atom. The summed E-state index contributed by atoms with van der Waals surface area (Å²) in [6, 6.07) is 14.8. The van der Waals surface area contributed by atoms with Crippen LogP contribution in [-0.4, -0.2) is 11.1 Å². The van der Waals surface area contributed by atoms with Gasteiger partial charge in [0.1, 0.15) is 5.75 Å². The maximum atomic E-state index is 12.2. The number of carbonyl (C=O) groups excluding carboxylic acids is 1. The summed E-state index contributed by atoms with van der Waals surface area (Å²) in [5.41, 5.74) is 1.04. The highest BCUT2D eigenvalue weighted by Crippen LogP contribution is 2.38. The molecule has 0 saturated carbocycles. The van der Waals surface area contributed by atoms with Gasteiger partial charge in [-0.15, -0.1) is 0 Å². The minimum atomic E-state index is -0.440. The Balaban J connectivity index is 1.96. The number of hydrogen-bond acceptors (Lipinski definition) is 2. The molecule has 116 valence electrons. The number of para-hydroxylation sites is 1. The molecule has 3 N–H and O–H groups in total. The molecule has 0 aliphatic carbocycles. The second kappa shape index (κ2) is 6.36. The summed E-state index contributed by atoms with van der Waals surface area (Å²) in [7, 11) is 0. The Kier molecular flexibility index (Phi) is 4.28. The van der Waals surface area contributed by atoms with Gasteiger partial charge in [0.05, 0.1) is 15.7 Å². The SMILES string of the molecule is O=C(Nc1ccccc1)Nc1c(Cl)cc(Cl)c2ccc(O)cc12. The number of carbonyl (C=O) groups is 1. The number of phenols is 1. The van der Waals surface area contributed by atoms with Crippen LogP contribution in [0.4, 0.5) is 16.2 Å². The molecule has 23 heavy (non-hydrogen) atoms. The predicted molar refractivity (Wildman–Crippen MR) is 94.7 cm³/mol. The molecule has 4 nitrogen and oxygen atoms in total. The van der Waals surface area contributed by atoms with Crippen LogP contribution in [0.3, 0.4) is 0 Å². The summed E-state index contributed by atoms with van der Waals surface area (Å²) < 4.78 is 0. The zero-order valence-electron chi connectivity index (χ0n) is 11.8. The average molecular weight is 347 g/mol. The minimum absolute atomic E-state index is 0.0577. The van der Waals surface area contributed by atoms with E-state index in [0.717, 1.165) is 0 Å². The van der Waals surface area contributed by atoms with Crippen LogP contribution in [0.5, 0.6) is 5.75 Å². The maximum Gasteiger partial charge on any atom is 0.323 e. The van der Waals surface area contributed by atoms with Gasteiger partial charge in [-0.1, -0.05) is 41.4 Å². The maximum absolute atomic E-state index is 12.2. The number of benzene rings is 3. The lowest BCUT2D eigenvalue weighted by Crippen LogP contribution is -2.19. The first-order valence-corrected chi connectivity index (χ1v) is 7.54. The van der Waals surface area contributed by atoms with Crippen LogP contribution < -0.4 is 10.6 Å². The second-order valence-corrected chi connectivity index (χ2v) is 5.70. The van der Waals surface area contributed by atoms with Gasteiger partial charge < -0.3 is 15.7 Å². The lowest BCUT2D eigenvalue weighted by atomic mass is 10.1. The molecule has 0 fully saturated rings. The third-order valence-electron chi connectivity index (χ3n) is 3.29. The molecule has 0 bridgehead atoms. The van der Waals surface area contributed by atoms with Crippen LogP contribution in [0, 0.1) is 0 Å². The quantitative estimate of drug-likeness (QED) is 0.573. The van der Waals surface area contributed by atoms with E-state index in [4.69, 9.17) is 23.2 Å². The Bertz CT molecular complexity index is 883. The van der Waals surface area contributed by atoms with Crippen molar-refractivity contribution in [1.82, 2.24) is 0 Å². The van der Waals surface area contributed by atoms with Crippen molar-refractivity contribution >= 4 is 51.4 Å². The predicted octanol–water partition coefficient (Wildman–Crippen LogP) is 5.50. The molecule has 0 spiro atoms. The zero-order chi connectivity index (χ0) is 16.4. The smallest absolute Gasteiger partial charge is 0.323 e. The molecule has 6 heteroatoms. The number of fused-ring (bicyclic) bond motifs is 1. The first kappa shape index (κ1) is 15.5. The van der Waals surface area contributed by atoms with Gasteiger partial charge >= 0.3 is 6.03 Å². The summed E-state index contributed by atoms with van der Waals surface area (Å²) in [5.74, 6) is 0.0577. The van der Waals surface area contributed by atoms with Crippen LogP contribution in [0.1, 0.15) is 0 Å². The van der Waals surface area contributed by atoms with Crippen LogP contribution in [0.2, 0.25) is 10.0 Å². The largest absolute Gasteiger partial charge is 0.508 e. The monoisotopic (exact) mass is 346 g/mol. The molecule has 2 amide bonds. The molecular formula is C17H12Cl2N2O2. The summed E-state index contributed by atoms with van der Waals surface area (Å²) >= 11 is 12.4. The molecule has 0 heterocycles. The van der Waals surface area contributed by atoms with E-state index >= 15 is 0 Å². The highest BCUT2D eigenvalue weighted by molar-refractivity contribution is 6.41. The van der Waals surface area contributed by atoms with E-state index in [9.17, 15) is 9.90 Å². The highest BCUT2D eigenvalue weighted by atomic mass is 35.5. The molecule has 0 aliphatic heterocycles. The average Bonchev–Trinajstić information content (AvgIpc) is 2.52. The Morgan fingerprint density at radius 1 is 0.870 bits per heavy atom. The summed E-state index contributed by atoms with van der Waals surface area (Å²) in [4.78, 5) is 12.2. The summed E-state index contributed by atoms with van der Waals surface area (Å²) in [6.07, 6.45) is 0. The van der Waals surface area contributed by atoms with Gasteiger partial charge in [-0.2, -0.15) is 0 Å². The number of aromatic hydroxyl groups is 1. The molecule has 3 aromatic rings. The number of hydrogen-bond donors (Lipinski definition) is 3. The molecule has 3 rings (SSSR count). The Morgan fingerprint density at radius 3 is 2.35 bits per heavy atom. The molecule has 0 unspecified atom stereocenters. The molecule has 0 saturated heterocycles. The van der Waals surface area contributed by atoms with Gasteiger partial charge in [-0.3, -0.25) is 0 Å². The zero-order valence-corrected chi connectivity index (χ0v) is 13.3. The van der Waals surface area contributed by atoms with Crippen molar-refractivity contribution in [2.45, 2.75) is 0 Å². The number of halogens is 2. The number of rotatable bonds is 2. The molecular weight excluding hydrogens is 335 g/mol. The fraction of sp³-hybridized carbons (Fsp3) is 0. The number of anilines is 2. The fourth-order valence-corrected chi connectivity index (χ4v) is 2.85. The number of phenolic OH excluding ortho intramolecular Hbond substituents is 1. The number of amides is 2. The van der Waals surface area contributed by atoms with Crippen molar-refractivity contribution in [3.05, 3.63) is 64.6 Å². The van der Waals surface area contributed by atoms with E-state index in [1.54, 1.807) is 24.3 Å². The number of urea groups is 1. The van der Waals surface area contributed by atoms with Crippen LogP contribution >= 0.6 is 23.2 Å². The van der Waals surface area contributed by atoms with E-state index in [2.05, 4.69) is 10.6 Å². The topological polar surface area (TPSA) is 61.4 Å². The third kappa shape index (κ3) is 3.33. The molecule has 0 atom stereocenters. The first-order chi connectivity index (χ1) is 11.0. The van der Waals surface area contributed by atoms with E-state index in [1.807, 2.05) is 18.2 Å². The van der Waals surface area contributed by atoms with E-state index in [1.165, 1.54) is 12.1 Å². The second-order valence-electron chi connectivity index (χ2n) is 4.89. The van der Waals surface area contributed by atoms with Crippen molar-refractivity contribution in [2.75, 3.05) is 10.6 Å². The lowest BCUT2D eigenvalue weighted by Gasteiger charge is -2.13. The van der Waals surface area contributed by atoms with Crippen molar-refractivity contribution in [3.63, 3.8) is 0 Å². The lowest BCUT2D eigenvalue weighted by molar-refractivity contribution is 0.262. The van der Waals surface area contributed by atoms with Gasteiger partial charge in [0, 0.05) is 16.5 Å². The molecule has 0 aliphatic rings. The fourth-order valence-electron chi connectivity index (χ4n) is 2.26. The van der Waals surface area contributed by atoms with E-state index in [0.29, 0.717) is 27.2 Å². The van der Waals surface area contributed by atoms with Crippen molar-refractivity contribution in [3.8, 4) is 5.75 Å². The Hall–Kier alpha value is -2.43. The molecule has 0 aromatic heterocycles. The molecule has 3 aromatic carbocycles. The van der Waals surface area contributed by atoms with Gasteiger partial charge in [-0.25, -0.2) is 4.79 Å². The Labute approximate surface area is 142 Å². The third-order valence-corrected chi connectivity index (χ3v) is 3.90. The van der Waals surface area contributed by atoms with Gasteiger partial charge in [-0.05, 0) is 36.4 Å². The van der Waals surface area contributed by atoms with Gasteiger partial charge in [0.2, 0.25) is 0 Å². The summed E-state index contributed by atoms with van der Waals surface area (Å²) in [5, 5.41) is 17.1. The van der Waals surface area contributed by atoms with Gasteiger partial charge in [0.15, 0.2) is 0 Å². The van der Waals surface area contributed by atoms with Crippen molar-refractivity contribution in [1.29, 1.82) is 0 Å². The highest BCUT2D eigenvalue weighted by Gasteiger charge is 2.13. The van der Waals surface area contributed by atoms with Crippen LogP contribution in [-0.2, 0) is 0 Å². The van der Waals surface area contributed by atoms with Crippen molar-refractivity contribution < 1.29 is 9.90 Å². The summed E-state index contributed by atoms with van der Waals surface area (Å²) in [6.45, 7) is 0. The van der Waals surface area contributed by atoms with Gasteiger partial charge in [0.25, 0.3) is 0 Å². The normalized spacial score (nSPS) is 10.5. The van der Waals surface area contributed by atoms with Crippen LogP contribution in [0.25, 0.3) is 10.8 Å². The van der Waals surface area contributed by atoms with E-state index < -0.39 is 6.03 Å². The van der Waals surface area contributed by atoms with Crippen LogP contribution in [0.15, 0.2) is 54.6 Å². The van der Waals surface area contributed by atoms with E-state index in [-0.39, 0.29) is 10.8 Å². The van der Waals surface area contributed by atoms with Crippen molar-refractivity contribution in [2.24, 2.45) is 0 Å². The first-order valence-electron chi connectivity index (χ1n) is 6.78. The minimum Gasteiger partial charge on any atom is -0.508 e. The molecule has 0 radical (unpaired) electrons. The number of nitrogens with one attached hydrogen (secondary N) is 2. The standard InChI is InChI=1S/C17H12Cl2N2O2/c18-14-9-15(19)16(13-8-11(22)6-7-12(13)14)21-17(23)20-10-4-2-1-3-5-10/h1-9,22H,(H2,20,21,23).